The van der Waals surface area contributed by atoms with E-state index in [0.717, 1.165) is 35.9 Å². The van der Waals surface area contributed by atoms with Crippen LogP contribution in [-0.4, -0.2) is 22.3 Å². The van der Waals surface area contributed by atoms with E-state index in [4.69, 9.17) is 4.74 Å². The summed E-state index contributed by atoms with van der Waals surface area (Å²) in [4.78, 5) is 4.44. The van der Waals surface area contributed by atoms with Gasteiger partial charge in [0.2, 0.25) is 0 Å². The molecule has 2 aromatic rings. The van der Waals surface area contributed by atoms with E-state index >= 15 is 0 Å². The molecule has 1 heterocycles. The predicted octanol–water partition coefficient (Wildman–Crippen LogP) is 3.31. The summed E-state index contributed by atoms with van der Waals surface area (Å²) in [5, 5.41) is 11.2. The molecule has 2 aliphatic carbocycles. The zero-order valence-corrected chi connectivity index (χ0v) is 11.5. The molecule has 1 aromatic carbocycles. The summed E-state index contributed by atoms with van der Waals surface area (Å²) >= 11 is 0. The van der Waals surface area contributed by atoms with Gasteiger partial charge in [-0.25, -0.2) is 0 Å². The van der Waals surface area contributed by atoms with Crippen molar-refractivity contribution in [2.24, 2.45) is 5.41 Å². The molecule has 2 atom stereocenters. The number of rotatable bonds is 2. The van der Waals surface area contributed by atoms with Crippen molar-refractivity contribution >= 4 is 10.9 Å². The molecule has 4 rings (SSSR count). The van der Waals surface area contributed by atoms with Crippen molar-refractivity contribution < 1.29 is 9.84 Å². The second-order valence-corrected chi connectivity index (χ2v) is 6.16. The standard InChI is InChI=1S/C17H19NO2/c19-15-10-16(17(15)7-3-4-8-17)20-13-9-12-5-1-2-6-14(12)18-11-13/h1-2,5-6,9,11,15-16,19H,3-4,7-8,10H2. The van der Waals surface area contributed by atoms with E-state index in [9.17, 15) is 5.11 Å². The number of aliphatic hydroxyl groups is 1. The molecular weight excluding hydrogens is 250 g/mol. The third-order valence-corrected chi connectivity index (χ3v) is 5.12. The topological polar surface area (TPSA) is 42.4 Å². The van der Waals surface area contributed by atoms with Gasteiger partial charge in [0.15, 0.2) is 0 Å². The van der Waals surface area contributed by atoms with Crippen molar-refractivity contribution in [3.8, 4) is 5.75 Å². The van der Waals surface area contributed by atoms with E-state index in [0.29, 0.717) is 0 Å². The van der Waals surface area contributed by atoms with E-state index < -0.39 is 0 Å². The van der Waals surface area contributed by atoms with Gasteiger partial charge < -0.3 is 9.84 Å². The molecule has 2 saturated carbocycles. The van der Waals surface area contributed by atoms with Gasteiger partial charge in [0, 0.05) is 17.2 Å². The molecule has 2 fully saturated rings. The van der Waals surface area contributed by atoms with E-state index in [2.05, 4.69) is 17.1 Å². The number of fused-ring (bicyclic) bond motifs is 1. The monoisotopic (exact) mass is 269 g/mol. The van der Waals surface area contributed by atoms with Gasteiger partial charge in [-0.3, -0.25) is 4.98 Å². The number of benzene rings is 1. The number of hydrogen-bond acceptors (Lipinski definition) is 3. The average Bonchev–Trinajstić information content (AvgIpc) is 2.99. The molecule has 1 N–H and O–H groups in total. The Hall–Kier alpha value is -1.61. The normalized spacial score (nSPS) is 27.6. The van der Waals surface area contributed by atoms with Crippen LogP contribution >= 0.6 is 0 Å². The number of hydrogen-bond donors (Lipinski definition) is 1. The van der Waals surface area contributed by atoms with E-state index in [1.165, 1.54) is 12.8 Å². The molecule has 0 radical (unpaired) electrons. The smallest absolute Gasteiger partial charge is 0.138 e. The summed E-state index contributed by atoms with van der Waals surface area (Å²) in [6.45, 7) is 0. The van der Waals surface area contributed by atoms with Gasteiger partial charge in [-0.1, -0.05) is 31.0 Å². The minimum atomic E-state index is -0.177. The third kappa shape index (κ3) is 1.73. The van der Waals surface area contributed by atoms with Crippen molar-refractivity contribution in [2.45, 2.75) is 44.3 Å². The largest absolute Gasteiger partial charge is 0.488 e. The van der Waals surface area contributed by atoms with Crippen LogP contribution < -0.4 is 4.74 Å². The average molecular weight is 269 g/mol. The fourth-order valence-corrected chi connectivity index (χ4v) is 3.86. The number of para-hydroxylation sites is 1. The van der Waals surface area contributed by atoms with Gasteiger partial charge >= 0.3 is 0 Å². The molecule has 2 aliphatic rings. The molecule has 1 spiro atoms. The number of aliphatic hydroxyl groups excluding tert-OH is 1. The summed E-state index contributed by atoms with van der Waals surface area (Å²) in [6, 6.07) is 10.1. The maximum Gasteiger partial charge on any atom is 0.138 e. The minimum Gasteiger partial charge on any atom is -0.488 e. The Kier molecular flexibility index (Phi) is 2.71. The van der Waals surface area contributed by atoms with Crippen molar-refractivity contribution in [3.05, 3.63) is 36.5 Å². The van der Waals surface area contributed by atoms with E-state index in [-0.39, 0.29) is 17.6 Å². The lowest BCUT2D eigenvalue weighted by Crippen LogP contribution is -2.58. The van der Waals surface area contributed by atoms with Crippen LogP contribution in [0.3, 0.4) is 0 Å². The Morgan fingerprint density at radius 1 is 1.20 bits per heavy atom. The zero-order chi connectivity index (χ0) is 13.6. The summed E-state index contributed by atoms with van der Waals surface area (Å²) in [7, 11) is 0. The van der Waals surface area contributed by atoms with Crippen LogP contribution in [0.1, 0.15) is 32.1 Å². The van der Waals surface area contributed by atoms with Crippen LogP contribution in [0.25, 0.3) is 10.9 Å². The van der Waals surface area contributed by atoms with E-state index in [1.54, 1.807) is 6.20 Å². The molecule has 0 bridgehead atoms. The van der Waals surface area contributed by atoms with Gasteiger partial charge in [-0.2, -0.15) is 0 Å². The summed E-state index contributed by atoms with van der Waals surface area (Å²) in [5.74, 6) is 0.826. The lowest BCUT2D eigenvalue weighted by molar-refractivity contribution is -0.152. The van der Waals surface area contributed by atoms with Crippen molar-refractivity contribution in [2.75, 3.05) is 0 Å². The highest BCUT2D eigenvalue weighted by atomic mass is 16.5. The lowest BCUT2D eigenvalue weighted by atomic mass is 9.62. The first-order valence-electron chi connectivity index (χ1n) is 7.47. The molecular formula is C17H19NO2. The van der Waals surface area contributed by atoms with Gasteiger partial charge in [0.25, 0.3) is 0 Å². The van der Waals surface area contributed by atoms with Crippen molar-refractivity contribution in [3.63, 3.8) is 0 Å². The highest BCUT2D eigenvalue weighted by molar-refractivity contribution is 5.79. The second-order valence-electron chi connectivity index (χ2n) is 6.16. The van der Waals surface area contributed by atoms with Crippen LogP contribution in [0.15, 0.2) is 36.5 Å². The van der Waals surface area contributed by atoms with Crippen LogP contribution in [0.5, 0.6) is 5.75 Å². The van der Waals surface area contributed by atoms with Gasteiger partial charge in [0.1, 0.15) is 11.9 Å². The summed E-state index contributed by atoms with van der Waals surface area (Å²) in [6.07, 6.45) is 7.16. The highest BCUT2D eigenvalue weighted by Crippen LogP contribution is 2.54. The Morgan fingerprint density at radius 2 is 2.00 bits per heavy atom. The van der Waals surface area contributed by atoms with E-state index in [1.807, 2.05) is 18.2 Å². The molecule has 104 valence electrons. The first-order valence-corrected chi connectivity index (χ1v) is 7.47. The predicted molar refractivity (Wildman–Crippen MR) is 77.7 cm³/mol. The second kappa shape index (κ2) is 4.45. The Morgan fingerprint density at radius 3 is 2.80 bits per heavy atom. The SMILES string of the molecule is OC1CC(Oc2cnc3ccccc3c2)C12CCCC2. The fourth-order valence-electron chi connectivity index (χ4n) is 3.86. The minimum absolute atomic E-state index is 0.0195. The maximum absolute atomic E-state index is 10.1. The van der Waals surface area contributed by atoms with Crippen LogP contribution in [-0.2, 0) is 0 Å². The Labute approximate surface area is 118 Å². The summed E-state index contributed by atoms with van der Waals surface area (Å²) in [5.41, 5.74) is 1.01. The van der Waals surface area contributed by atoms with Crippen LogP contribution in [0.2, 0.25) is 0 Å². The number of nitrogens with zero attached hydrogens (tertiary/aromatic N) is 1. The zero-order valence-electron chi connectivity index (χ0n) is 11.5. The van der Waals surface area contributed by atoms with Crippen LogP contribution in [0.4, 0.5) is 0 Å². The van der Waals surface area contributed by atoms with Crippen molar-refractivity contribution in [1.82, 2.24) is 4.98 Å². The quantitative estimate of drug-likeness (QED) is 0.909. The Balaban J connectivity index is 1.58. The first kappa shape index (κ1) is 12.2. The number of ether oxygens (including phenoxy) is 1. The number of pyridine rings is 1. The van der Waals surface area contributed by atoms with Gasteiger partial charge in [0.05, 0.1) is 17.8 Å². The van der Waals surface area contributed by atoms with Crippen LogP contribution in [0, 0.1) is 5.41 Å². The van der Waals surface area contributed by atoms with Gasteiger partial charge in [-0.05, 0) is 25.0 Å². The molecule has 20 heavy (non-hydrogen) atoms. The Bertz CT molecular complexity index is 634. The fraction of sp³-hybridized carbons (Fsp3) is 0.471. The first-order chi connectivity index (χ1) is 9.78. The molecule has 0 saturated heterocycles. The molecule has 3 heteroatoms. The maximum atomic E-state index is 10.1. The lowest BCUT2D eigenvalue weighted by Gasteiger charge is -2.51. The van der Waals surface area contributed by atoms with Crippen molar-refractivity contribution in [1.29, 1.82) is 0 Å². The number of aromatic nitrogens is 1. The molecule has 0 aliphatic heterocycles. The molecule has 3 nitrogen and oxygen atoms in total. The van der Waals surface area contributed by atoms with Gasteiger partial charge in [-0.15, -0.1) is 0 Å². The molecule has 0 amide bonds. The molecule has 1 aromatic heterocycles. The summed E-state index contributed by atoms with van der Waals surface area (Å²) < 4.78 is 6.14. The highest BCUT2D eigenvalue weighted by Gasteiger charge is 2.57. The third-order valence-electron chi connectivity index (χ3n) is 5.12. The molecule has 2 unspecified atom stereocenters.